The maximum Gasteiger partial charge on any atom is 0.418 e. The number of rotatable bonds is 4. The minimum atomic E-state index is -4.56. The molecule has 2 N–H and O–H groups in total. The Morgan fingerprint density at radius 3 is 2.58 bits per heavy atom. The monoisotopic (exact) mass is 365 g/mol. The zero-order valence-corrected chi connectivity index (χ0v) is 13.3. The van der Waals surface area contributed by atoms with E-state index in [0.717, 1.165) is 6.07 Å². The highest BCUT2D eigenvalue weighted by Gasteiger charge is 2.33. The van der Waals surface area contributed by atoms with Crippen molar-refractivity contribution in [3.05, 3.63) is 54.1 Å². The van der Waals surface area contributed by atoms with Crippen molar-refractivity contribution in [1.82, 2.24) is 5.43 Å². The van der Waals surface area contributed by atoms with Crippen LogP contribution in [0.2, 0.25) is 0 Å². The van der Waals surface area contributed by atoms with Crippen molar-refractivity contribution in [3.8, 4) is 5.75 Å². The van der Waals surface area contributed by atoms with Gasteiger partial charge in [-0.05, 0) is 24.3 Å². The van der Waals surface area contributed by atoms with Crippen LogP contribution in [0.15, 0.2) is 48.5 Å². The summed E-state index contributed by atoms with van der Waals surface area (Å²) in [6.45, 7) is -0.574. The van der Waals surface area contributed by atoms with Crippen molar-refractivity contribution >= 4 is 23.2 Å². The van der Waals surface area contributed by atoms with Gasteiger partial charge in [-0.1, -0.05) is 24.3 Å². The molecular weight excluding hydrogens is 351 g/mol. The minimum Gasteiger partial charge on any atom is -0.482 e. The third kappa shape index (κ3) is 3.71. The van der Waals surface area contributed by atoms with E-state index < -0.39 is 23.6 Å². The lowest BCUT2D eigenvalue weighted by Crippen LogP contribution is -2.46. The molecule has 1 heterocycles. The number of alkyl halides is 3. The summed E-state index contributed by atoms with van der Waals surface area (Å²) in [4.78, 5) is 25.3. The molecule has 2 aromatic rings. The fourth-order valence-electron chi connectivity index (χ4n) is 2.49. The average molecular weight is 365 g/mol. The predicted octanol–water partition coefficient (Wildman–Crippen LogP) is 2.57. The van der Waals surface area contributed by atoms with E-state index in [1.54, 1.807) is 24.3 Å². The number of nitrogens with zero attached hydrogens (tertiary/aromatic N) is 1. The average Bonchev–Trinajstić information content (AvgIpc) is 2.62. The second-order valence-electron chi connectivity index (χ2n) is 5.45. The number of carbonyl (C=O) groups is 2. The number of ether oxygens (including phenoxy) is 1. The van der Waals surface area contributed by atoms with Gasteiger partial charge in [-0.2, -0.15) is 13.2 Å². The maximum absolute atomic E-state index is 12.9. The number of fused-ring (bicyclic) bond motifs is 1. The Bertz CT molecular complexity index is 839. The molecule has 3 rings (SSSR count). The number of carbonyl (C=O) groups excluding carboxylic acids is 2. The van der Waals surface area contributed by atoms with Gasteiger partial charge in [-0.15, -0.1) is 0 Å². The Morgan fingerprint density at radius 1 is 1.12 bits per heavy atom. The first-order valence-corrected chi connectivity index (χ1v) is 7.59. The van der Waals surface area contributed by atoms with Crippen LogP contribution < -0.4 is 20.5 Å². The van der Waals surface area contributed by atoms with Crippen LogP contribution in [0.1, 0.15) is 5.56 Å². The molecule has 6 nitrogen and oxygen atoms in total. The fraction of sp³-hybridized carbons (Fsp3) is 0.176. The van der Waals surface area contributed by atoms with Crippen molar-refractivity contribution in [3.63, 3.8) is 0 Å². The molecule has 2 amide bonds. The van der Waals surface area contributed by atoms with Crippen molar-refractivity contribution < 1.29 is 27.5 Å². The lowest BCUT2D eigenvalue weighted by molar-refractivity contribution is -0.137. The van der Waals surface area contributed by atoms with Crippen LogP contribution >= 0.6 is 0 Å². The first-order valence-electron chi connectivity index (χ1n) is 7.59. The Balaban J connectivity index is 1.68. The zero-order valence-electron chi connectivity index (χ0n) is 13.3. The molecule has 0 saturated heterocycles. The van der Waals surface area contributed by atoms with Gasteiger partial charge in [0.05, 0.1) is 16.9 Å². The van der Waals surface area contributed by atoms with Gasteiger partial charge < -0.3 is 4.74 Å². The van der Waals surface area contributed by atoms with Crippen LogP contribution in [0.5, 0.6) is 5.75 Å². The third-order valence-corrected chi connectivity index (χ3v) is 3.68. The van der Waals surface area contributed by atoms with E-state index >= 15 is 0 Å². The predicted molar refractivity (Wildman–Crippen MR) is 87.5 cm³/mol. The summed E-state index contributed by atoms with van der Waals surface area (Å²) in [5.74, 6) is -0.642. The summed E-state index contributed by atoms with van der Waals surface area (Å²) in [5, 5.41) is 0. The molecule has 0 bridgehead atoms. The van der Waals surface area contributed by atoms with Crippen molar-refractivity contribution in [2.45, 2.75) is 6.18 Å². The standard InChI is InChI=1S/C17H14F3N3O3/c18-17(19,20)11-5-1-2-6-12(11)21-22-15(24)9-23-13-7-3-4-8-14(13)26-10-16(23)25/h1-8,21H,9-10H2,(H,22,24). The van der Waals surface area contributed by atoms with Crippen LogP contribution in [0, 0.1) is 0 Å². The van der Waals surface area contributed by atoms with Gasteiger partial charge in [0.15, 0.2) is 6.61 Å². The van der Waals surface area contributed by atoms with Crippen LogP contribution in [0.3, 0.4) is 0 Å². The molecule has 0 radical (unpaired) electrons. The summed E-state index contributed by atoms with van der Waals surface area (Å²) < 4.78 is 44.1. The Kier molecular flexibility index (Phi) is 4.70. The molecule has 0 atom stereocenters. The smallest absolute Gasteiger partial charge is 0.418 e. The molecule has 9 heteroatoms. The van der Waals surface area contributed by atoms with Crippen LogP contribution in [0.25, 0.3) is 0 Å². The van der Waals surface area contributed by atoms with Gasteiger partial charge in [0, 0.05) is 0 Å². The van der Waals surface area contributed by atoms with E-state index in [-0.39, 0.29) is 18.8 Å². The van der Waals surface area contributed by atoms with Gasteiger partial charge in [0.25, 0.3) is 11.8 Å². The first-order chi connectivity index (χ1) is 12.4. The Hall–Kier alpha value is -3.23. The summed E-state index contributed by atoms with van der Waals surface area (Å²) in [5.41, 5.74) is 3.67. The number of anilines is 2. The molecule has 1 aliphatic rings. The van der Waals surface area contributed by atoms with Crippen molar-refractivity contribution in [2.75, 3.05) is 23.5 Å². The van der Waals surface area contributed by atoms with E-state index in [4.69, 9.17) is 4.74 Å². The van der Waals surface area contributed by atoms with Crippen molar-refractivity contribution in [2.24, 2.45) is 0 Å². The highest BCUT2D eigenvalue weighted by atomic mass is 19.4. The van der Waals surface area contributed by atoms with E-state index in [1.165, 1.54) is 23.1 Å². The van der Waals surface area contributed by atoms with Gasteiger partial charge in [0.2, 0.25) is 0 Å². The molecular formula is C17H14F3N3O3. The highest BCUT2D eigenvalue weighted by molar-refractivity contribution is 6.02. The largest absolute Gasteiger partial charge is 0.482 e. The van der Waals surface area contributed by atoms with Crippen LogP contribution in [0.4, 0.5) is 24.5 Å². The van der Waals surface area contributed by atoms with Gasteiger partial charge in [0.1, 0.15) is 12.3 Å². The van der Waals surface area contributed by atoms with Crippen molar-refractivity contribution in [1.29, 1.82) is 0 Å². The lowest BCUT2D eigenvalue weighted by Gasteiger charge is -2.28. The molecule has 0 aliphatic carbocycles. The number of halogens is 3. The van der Waals surface area contributed by atoms with Gasteiger partial charge in [-0.25, -0.2) is 0 Å². The number of hydrazine groups is 1. The number of benzene rings is 2. The number of hydrogen-bond donors (Lipinski definition) is 2. The van der Waals surface area contributed by atoms with E-state index in [0.29, 0.717) is 11.4 Å². The molecule has 0 saturated carbocycles. The summed E-state index contributed by atoms with van der Waals surface area (Å²) >= 11 is 0. The molecule has 0 fully saturated rings. The number of amides is 2. The molecule has 0 unspecified atom stereocenters. The second kappa shape index (κ2) is 6.95. The van der Waals surface area contributed by atoms with Gasteiger partial charge in [-0.3, -0.25) is 25.3 Å². The summed E-state index contributed by atoms with van der Waals surface area (Å²) in [7, 11) is 0. The van der Waals surface area contributed by atoms with E-state index in [9.17, 15) is 22.8 Å². The third-order valence-electron chi connectivity index (χ3n) is 3.68. The van der Waals surface area contributed by atoms with E-state index in [2.05, 4.69) is 10.9 Å². The fourth-order valence-corrected chi connectivity index (χ4v) is 2.49. The second-order valence-corrected chi connectivity index (χ2v) is 5.45. The Morgan fingerprint density at radius 2 is 1.81 bits per heavy atom. The lowest BCUT2D eigenvalue weighted by atomic mass is 10.2. The quantitative estimate of drug-likeness (QED) is 0.817. The molecule has 0 aromatic heterocycles. The zero-order chi connectivity index (χ0) is 18.7. The normalized spacial score (nSPS) is 13.7. The SMILES string of the molecule is O=C(CN1C(=O)COc2ccccc21)NNc1ccccc1C(F)(F)F. The highest BCUT2D eigenvalue weighted by Crippen LogP contribution is 2.34. The summed E-state index contributed by atoms with van der Waals surface area (Å²) in [6, 6.07) is 11.4. The van der Waals surface area contributed by atoms with Crippen LogP contribution in [-0.2, 0) is 15.8 Å². The Labute approximate surface area is 146 Å². The van der Waals surface area contributed by atoms with Crippen LogP contribution in [-0.4, -0.2) is 25.0 Å². The van der Waals surface area contributed by atoms with E-state index in [1.807, 2.05) is 0 Å². The summed E-state index contributed by atoms with van der Waals surface area (Å²) in [6.07, 6.45) is -4.56. The molecule has 0 spiro atoms. The minimum absolute atomic E-state index is 0.214. The topological polar surface area (TPSA) is 70.7 Å². The van der Waals surface area contributed by atoms with Gasteiger partial charge >= 0.3 is 6.18 Å². The number of hydrogen-bond acceptors (Lipinski definition) is 4. The molecule has 2 aromatic carbocycles. The molecule has 1 aliphatic heterocycles. The molecule has 136 valence electrons. The first kappa shape index (κ1) is 17.6. The number of nitrogens with one attached hydrogen (secondary N) is 2. The maximum atomic E-state index is 12.9. The number of para-hydroxylation sites is 3. The molecule has 26 heavy (non-hydrogen) atoms.